The topological polar surface area (TPSA) is 50.8 Å². The van der Waals surface area contributed by atoms with Crippen LogP contribution in [0.1, 0.15) is 18.9 Å². The molecular formula is C15H24N2O3. The summed E-state index contributed by atoms with van der Waals surface area (Å²) in [7, 11) is 5.14. The Labute approximate surface area is 120 Å². The molecule has 1 rings (SSSR count). The zero-order chi connectivity index (χ0) is 15.0. The van der Waals surface area contributed by atoms with Crippen LogP contribution in [0.3, 0.4) is 0 Å². The fourth-order valence-corrected chi connectivity index (χ4v) is 1.99. The van der Waals surface area contributed by atoms with Gasteiger partial charge in [-0.2, -0.15) is 0 Å². The van der Waals surface area contributed by atoms with Gasteiger partial charge in [-0.15, -0.1) is 0 Å². The monoisotopic (exact) mass is 280 g/mol. The molecule has 1 amide bonds. The van der Waals surface area contributed by atoms with Crippen molar-refractivity contribution in [2.75, 3.05) is 34.4 Å². The molecule has 5 heteroatoms. The molecule has 0 fully saturated rings. The fraction of sp³-hybridized carbons (Fsp3) is 0.533. The molecule has 0 bridgehead atoms. The van der Waals surface area contributed by atoms with E-state index in [1.807, 2.05) is 37.1 Å². The third kappa shape index (κ3) is 4.74. The van der Waals surface area contributed by atoms with Gasteiger partial charge >= 0.3 is 0 Å². The van der Waals surface area contributed by atoms with E-state index in [1.165, 1.54) is 0 Å². The Kier molecular flexibility index (Phi) is 6.87. The molecule has 0 saturated heterocycles. The lowest BCUT2D eigenvalue weighted by molar-refractivity contribution is -0.122. The summed E-state index contributed by atoms with van der Waals surface area (Å²) < 4.78 is 10.7. The first-order valence-electron chi connectivity index (χ1n) is 6.77. The van der Waals surface area contributed by atoms with Gasteiger partial charge in [-0.1, -0.05) is 19.1 Å². The highest BCUT2D eigenvalue weighted by atomic mass is 16.5. The van der Waals surface area contributed by atoms with Crippen LogP contribution in [0.15, 0.2) is 18.2 Å². The van der Waals surface area contributed by atoms with E-state index in [1.54, 1.807) is 14.2 Å². The van der Waals surface area contributed by atoms with Gasteiger partial charge in [-0.3, -0.25) is 9.69 Å². The van der Waals surface area contributed by atoms with Gasteiger partial charge in [0.05, 0.1) is 20.8 Å². The summed E-state index contributed by atoms with van der Waals surface area (Å²) in [4.78, 5) is 13.6. The summed E-state index contributed by atoms with van der Waals surface area (Å²) in [6.45, 7) is 3.74. The van der Waals surface area contributed by atoms with Crippen molar-refractivity contribution in [3.05, 3.63) is 23.8 Å². The summed E-state index contributed by atoms with van der Waals surface area (Å²) in [6.07, 6.45) is 0.944. The number of hydrogen-bond acceptors (Lipinski definition) is 4. The van der Waals surface area contributed by atoms with Gasteiger partial charge in [0.1, 0.15) is 0 Å². The van der Waals surface area contributed by atoms with Crippen molar-refractivity contribution in [2.24, 2.45) is 0 Å². The van der Waals surface area contributed by atoms with E-state index in [4.69, 9.17) is 9.47 Å². The van der Waals surface area contributed by atoms with Gasteiger partial charge in [0.25, 0.3) is 0 Å². The van der Waals surface area contributed by atoms with Crippen LogP contribution < -0.4 is 14.8 Å². The number of benzene rings is 1. The fourth-order valence-electron chi connectivity index (χ4n) is 1.99. The maximum atomic E-state index is 11.7. The minimum absolute atomic E-state index is 0.0382. The summed E-state index contributed by atoms with van der Waals surface area (Å²) in [5.41, 5.74) is 0.998. The van der Waals surface area contributed by atoms with Crippen LogP contribution in [0, 0.1) is 0 Å². The van der Waals surface area contributed by atoms with Gasteiger partial charge in [-0.25, -0.2) is 0 Å². The van der Waals surface area contributed by atoms with Crippen LogP contribution in [0.2, 0.25) is 0 Å². The zero-order valence-corrected chi connectivity index (χ0v) is 12.7. The summed E-state index contributed by atoms with van der Waals surface area (Å²) in [5.74, 6) is 1.46. The van der Waals surface area contributed by atoms with Gasteiger partial charge in [0, 0.05) is 18.7 Å². The van der Waals surface area contributed by atoms with Crippen molar-refractivity contribution in [1.29, 1.82) is 0 Å². The number of methoxy groups -OCH3 is 2. The van der Waals surface area contributed by atoms with Crippen molar-refractivity contribution >= 4 is 5.91 Å². The highest BCUT2D eigenvalue weighted by Gasteiger charge is 2.13. The molecule has 0 aliphatic carbocycles. The second-order valence-corrected chi connectivity index (χ2v) is 4.67. The number of carbonyl (C=O) groups is 1. The predicted molar refractivity (Wildman–Crippen MR) is 79.2 cm³/mol. The van der Waals surface area contributed by atoms with Crippen molar-refractivity contribution in [3.63, 3.8) is 0 Å². The zero-order valence-electron chi connectivity index (χ0n) is 12.7. The number of hydrogen-bond donors (Lipinski definition) is 1. The van der Waals surface area contributed by atoms with E-state index < -0.39 is 0 Å². The van der Waals surface area contributed by atoms with Crippen LogP contribution >= 0.6 is 0 Å². The Balaban J connectivity index is 2.66. The average Bonchev–Trinajstić information content (AvgIpc) is 2.44. The molecule has 5 nitrogen and oxygen atoms in total. The van der Waals surface area contributed by atoms with E-state index >= 15 is 0 Å². The molecule has 0 spiro atoms. The molecule has 0 heterocycles. The number of rotatable bonds is 8. The van der Waals surface area contributed by atoms with Crippen LogP contribution in [0.25, 0.3) is 0 Å². The van der Waals surface area contributed by atoms with E-state index in [0.717, 1.165) is 24.3 Å². The predicted octanol–water partition coefficient (Wildman–Crippen LogP) is 1.66. The average molecular weight is 280 g/mol. The molecular weight excluding hydrogens is 256 g/mol. The molecule has 0 saturated carbocycles. The number of ether oxygens (including phenoxy) is 2. The molecule has 0 aromatic heterocycles. The standard InChI is InChI=1S/C15H24N2O3/c1-5-9-16-14(18)11-17(2)10-12-7-6-8-13(19-3)15(12)20-4/h6-8H,5,9-11H2,1-4H3,(H,16,18). The highest BCUT2D eigenvalue weighted by molar-refractivity contribution is 5.77. The van der Waals surface area contributed by atoms with Crippen LogP contribution in [0.5, 0.6) is 11.5 Å². The van der Waals surface area contributed by atoms with Crippen LogP contribution in [-0.2, 0) is 11.3 Å². The van der Waals surface area contributed by atoms with E-state index in [0.29, 0.717) is 18.8 Å². The third-order valence-corrected chi connectivity index (χ3v) is 2.91. The van der Waals surface area contributed by atoms with E-state index in [-0.39, 0.29) is 5.91 Å². The van der Waals surface area contributed by atoms with Gasteiger partial charge in [-0.05, 0) is 19.5 Å². The lowest BCUT2D eigenvalue weighted by Crippen LogP contribution is -2.35. The molecule has 112 valence electrons. The SMILES string of the molecule is CCCNC(=O)CN(C)Cc1cccc(OC)c1OC. The number of nitrogens with one attached hydrogen (secondary N) is 1. The molecule has 1 N–H and O–H groups in total. The Morgan fingerprint density at radius 2 is 2.05 bits per heavy atom. The lowest BCUT2D eigenvalue weighted by atomic mass is 10.1. The van der Waals surface area contributed by atoms with Crippen molar-refractivity contribution in [2.45, 2.75) is 19.9 Å². The third-order valence-electron chi connectivity index (χ3n) is 2.91. The van der Waals surface area contributed by atoms with E-state index in [9.17, 15) is 4.79 Å². The second kappa shape index (κ2) is 8.43. The van der Waals surface area contributed by atoms with Gasteiger partial charge < -0.3 is 14.8 Å². The highest BCUT2D eigenvalue weighted by Crippen LogP contribution is 2.31. The van der Waals surface area contributed by atoms with Crippen molar-refractivity contribution in [1.82, 2.24) is 10.2 Å². The maximum Gasteiger partial charge on any atom is 0.234 e. The summed E-state index contributed by atoms with van der Waals surface area (Å²) >= 11 is 0. The number of likely N-dealkylation sites (N-methyl/N-ethyl adjacent to an activating group) is 1. The van der Waals surface area contributed by atoms with Crippen LogP contribution in [-0.4, -0.2) is 45.2 Å². The van der Waals surface area contributed by atoms with Crippen LogP contribution in [0.4, 0.5) is 0 Å². The first-order chi connectivity index (χ1) is 9.62. The normalized spacial score (nSPS) is 10.4. The number of amides is 1. The molecule has 0 aliphatic rings. The van der Waals surface area contributed by atoms with Crippen molar-refractivity contribution in [3.8, 4) is 11.5 Å². The Hall–Kier alpha value is -1.75. The van der Waals surface area contributed by atoms with Gasteiger partial charge in [0.2, 0.25) is 5.91 Å². The summed E-state index contributed by atoms with van der Waals surface area (Å²) in [6, 6.07) is 5.75. The number of carbonyl (C=O) groups excluding carboxylic acids is 1. The molecule has 1 aromatic carbocycles. The molecule has 0 atom stereocenters. The smallest absolute Gasteiger partial charge is 0.234 e. The molecule has 20 heavy (non-hydrogen) atoms. The van der Waals surface area contributed by atoms with E-state index in [2.05, 4.69) is 5.32 Å². The van der Waals surface area contributed by atoms with Crippen molar-refractivity contribution < 1.29 is 14.3 Å². The Morgan fingerprint density at radius 1 is 1.30 bits per heavy atom. The number of nitrogens with zero attached hydrogens (tertiary/aromatic N) is 1. The van der Waals surface area contributed by atoms with Gasteiger partial charge in [0.15, 0.2) is 11.5 Å². The largest absolute Gasteiger partial charge is 0.493 e. The quantitative estimate of drug-likeness (QED) is 0.787. The molecule has 1 aromatic rings. The first-order valence-corrected chi connectivity index (χ1v) is 6.77. The Morgan fingerprint density at radius 3 is 2.65 bits per heavy atom. The minimum Gasteiger partial charge on any atom is -0.493 e. The molecule has 0 aliphatic heterocycles. The number of para-hydroxylation sites is 1. The molecule has 0 unspecified atom stereocenters. The Bertz CT molecular complexity index is 435. The summed E-state index contributed by atoms with van der Waals surface area (Å²) in [5, 5.41) is 2.86. The first kappa shape index (κ1) is 16.3. The second-order valence-electron chi connectivity index (χ2n) is 4.67. The maximum absolute atomic E-state index is 11.7. The minimum atomic E-state index is 0.0382. The lowest BCUT2D eigenvalue weighted by Gasteiger charge is -2.19. The molecule has 0 radical (unpaired) electrons.